The van der Waals surface area contributed by atoms with E-state index in [0.717, 1.165) is 43.7 Å². The number of hydrogen-bond donors (Lipinski definition) is 0. The number of rotatable bonds is 9. The van der Waals surface area contributed by atoms with Crippen molar-refractivity contribution in [1.29, 1.82) is 0 Å². The van der Waals surface area contributed by atoms with Crippen molar-refractivity contribution < 1.29 is 4.92 Å². The third kappa shape index (κ3) is 5.27. The van der Waals surface area contributed by atoms with Crippen molar-refractivity contribution in [3.05, 3.63) is 94.2 Å². The molecule has 0 unspecified atom stereocenters. The molecule has 0 radical (unpaired) electrons. The minimum atomic E-state index is -0.338. The fraction of sp³-hybridized carbons (Fsp3) is 0.320. The molecule has 1 aromatic heterocycles. The van der Waals surface area contributed by atoms with Crippen LogP contribution in [0.5, 0.6) is 0 Å². The van der Waals surface area contributed by atoms with Crippen LogP contribution in [0.1, 0.15) is 30.4 Å². The Balaban J connectivity index is 1.66. The Hall–Kier alpha value is -3.25. The fourth-order valence-corrected chi connectivity index (χ4v) is 4.28. The summed E-state index contributed by atoms with van der Waals surface area (Å²) in [6.07, 6.45) is 5.84. The van der Waals surface area contributed by atoms with Crippen LogP contribution in [-0.2, 0) is 6.42 Å². The van der Waals surface area contributed by atoms with Crippen LogP contribution in [0.2, 0.25) is 0 Å². The average molecular weight is 417 g/mol. The van der Waals surface area contributed by atoms with E-state index >= 15 is 0 Å². The van der Waals surface area contributed by atoms with Crippen LogP contribution < -0.4 is 4.90 Å². The van der Waals surface area contributed by atoms with E-state index in [1.165, 1.54) is 24.5 Å². The van der Waals surface area contributed by atoms with Gasteiger partial charge < -0.3 is 9.80 Å². The lowest BCUT2D eigenvalue weighted by Gasteiger charge is -2.27. The third-order valence-electron chi connectivity index (χ3n) is 5.79. The second-order valence-electron chi connectivity index (χ2n) is 7.95. The maximum absolute atomic E-state index is 11.7. The molecule has 1 fully saturated rings. The number of para-hydroxylation sites is 1. The summed E-state index contributed by atoms with van der Waals surface area (Å²) in [6, 6.07) is 21.6. The van der Waals surface area contributed by atoms with Crippen LogP contribution in [0.3, 0.4) is 0 Å². The fourth-order valence-electron chi connectivity index (χ4n) is 4.28. The topological polar surface area (TPSA) is 62.5 Å². The summed E-state index contributed by atoms with van der Waals surface area (Å²) in [6.45, 7) is 3.97. The molecule has 0 spiro atoms. The zero-order chi connectivity index (χ0) is 21.5. The Bertz CT molecular complexity index is 1000. The van der Waals surface area contributed by atoms with E-state index in [4.69, 9.17) is 0 Å². The van der Waals surface area contributed by atoms with Crippen molar-refractivity contribution in [1.82, 2.24) is 9.88 Å². The first-order valence-electron chi connectivity index (χ1n) is 10.9. The van der Waals surface area contributed by atoms with Crippen LogP contribution >= 0.6 is 0 Å². The molecule has 3 aromatic rings. The average Bonchev–Trinajstić information content (AvgIpc) is 3.32. The molecule has 0 aliphatic carbocycles. The van der Waals surface area contributed by atoms with Gasteiger partial charge in [0.05, 0.1) is 4.92 Å². The van der Waals surface area contributed by atoms with Gasteiger partial charge in [-0.1, -0.05) is 48.5 Å². The lowest BCUT2D eigenvalue weighted by Crippen LogP contribution is -2.27. The van der Waals surface area contributed by atoms with Crippen LogP contribution in [0.25, 0.3) is 0 Å². The summed E-state index contributed by atoms with van der Waals surface area (Å²) in [5.41, 5.74) is 3.37. The maximum atomic E-state index is 11.7. The molecule has 1 saturated heterocycles. The van der Waals surface area contributed by atoms with Crippen molar-refractivity contribution in [3.63, 3.8) is 0 Å². The lowest BCUT2D eigenvalue weighted by atomic mass is 10.0. The van der Waals surface area contributed by atoms with E-state index in [-0.39, 0.29) is 10.6 Å². The van der Waals surface area contributed by atoms with Gasteiger partial charge in [-0.3, -0.25) is 10.1 Å². The normalized spacial score (nSPS) is 13.9. The minimum Gasteiger partial charge on any atom is -0.320 e. The number of benzene rings is 2. The van der Waals surface area contributed by atoms with Crippen LogP contribution in [-0.4, -0.2) is 41.0 Å². The van der Waals surface area contributed by atoms with Gasteiger partial charge in [-0.25, -0.2) is 4.98 Å². The van der Waals surface area contributed by atoms with Crippen molar-refractivity contribution in [2.45, 2.75) is 25.7 Å². The molecule has 0 saturated carbocycles. The number of likely N-dealkylation sites (tertiary alicyclic amines) is 1. The van der Waals surface area contributed by atoms with Crippen molar-refractivity contribution >= 4 is 17.2 Å². The molecule has 160 valence electrons. The first kappa shape index (κ1) is 21.0. The molecule has 2 heterocycles. The molecule has 0 N–H and O–H groups in total. The molecular formula is C25H28N4O2. The number of hydrogen-bond acceptors (Lipinski definition) is 5. The molecule has 1 aliphatic rings. The highest BCUT2D eigenvalue weighted by molar-refractivity contribution is 5.70. The highest BCUT2D eigenvalue weighted by Gasteiger charge is 2.24. The van der Waals surface area contributed by atoms with E-state index in [9.17, 15) is 10.1 Å². The molecule has 6 nitrogen and oxygen atoms in total. The summed E-state index contributed by atoms with van der Waals surface area (Å²) in [4.78, 5) is 20.4. The Morgan fingerprint density at radius 1 is 0.968 bits per heavy atom. The Morgan fingerprint density at radius 2 is 1.71 bits per heavy atom. The predicted molar refractivity (Wildman–Crippen MR) is 124 cm³/mol. The summed E-state index contributed by atoms with van der Waals surface area (Å²) in [5.74, 6) is 0.412. The largest absolute Gasteiger partial charge is 0.320 e. The standard InChI is InChI=1S/C25H28N4O2/c30-29(31)24-14-8-15-26-25(24)28(19-9-18-27-16-6-7-17-27)23-13-5-4-12-22(23)20-21-10-2-1-3-11-21/h1-5,8,10-15H,6-7,9,16-20H2. The molecule has 4 rings (SSSR count). The Kier molecular flexibility index (Phi) is 6.89. The number of nitro groups is 1. The number of aromatic nitrogens is 1. The number of pyridine rings is 1. The number of anilines is 2. The minimum absolute atomic E-state index is 0.0400. The predicted octanol–water partition coefficient (Wildman–Crippen LogP) is 5.20. The maximum Gasteiger partial charge on any atom is 0.311 e. The van der Waals surface area contributed by atoms with Crippen LogP contribution in [0, 0.1) is 10.1 Å². The van der Waals surface area contributed by atoms with E-state index in [0.29, 0.717) is 12.4 Å². The van der Waals surface area contributed by atoms with Gasteiger partial charge in [-0.05, 0) is 68.6 Å². The van der Waals surface area contributed by atoms with Gasteiger partial charge in [0.25, 0.3) is 0 Å². The zero-order valence-electron chi connectivity index (χ0n) is 17.7. The summed E-state index contributed by atoms with van der Waals surface area (Å²) in [7, 11) is 0. The molecule has 1 aliphatic heterocycles. The molecule has 6 heteroatoms. The molecule has 31 heavy (non-hydrogen) atoms. The van der Waals surface area contributed by atoms with Gasteiger partial charge in [0.15, 0.2) is 0 Å². The van der Waals surface area contributed by atoms with Gasteiger partial charge in [0.1, 0.15) is 0 Å². The highest BCUT2D eigenvalue weighted by Crippen LogP contribution is 2.34. The first-order valence-corrected chi connectivity index (χ1v) is 10.9. The van der Waals surface area contributed by atoms with Gasteiger partial charge in [-0.2, -0.15) is 0 Å². The molecule has 0 atom stereocenters. The first-order chi connectivity index (χ1) is 15.2. The monoisotopic (exact) mass is 416 g/mol. The second kappa shape index (κ2) is 10.2. The highest BCUT2D eigenvalue weighted by atomic mass is 16.6. The van der Waals surface area contributed by atoms with Crippen molar-refractivity contribution in [2.75, 3.05) is 31.1 Å². The quantitative estimate of drug-likeness (QED) is 0.354. The molecule has 0 amide bonds. The van der Waals surface area contributed by atoms with E-state index < -0.39 is 0 Å². The molecule has 2 aromatic carbocycles. The summed E-state index contributed by atoms with van der Waals surface area (Å²) >= 11 is 0. The molecule has 0 bridgehead atoms. The Morgan fingerprint density at radius 3 is 2.48 bits per heavy atom. The van der Waals surface area contributed by atoms with Gasteiger partial charge >= 0.3 is 5.69 Å². The SMILES string of the molecule is O=[N+]([O-])c1cccnc1N(CCCN1CCCC1)c1ccccc1Cc1ccccc1. The van der Waals surface area contributed by atoms with Gasteiger partial charge in [0.2, 0.25) is 5.82 Å². The van der Waals surface area contributed by atoms with Crippen LogP contribution in [0.15, 0.2) is 72.9 Å². The number of nitrogens with zero attached hydrogens (tertiary/aromatic N) is 4. The van der Waals surface area contributed by atoms with Crippen LogP contribution in [0.4, 0.5) is 17.2 Å². The summed E-state index contributed by atoms with van der Waals surface area (Å²) in [5, 5.41) is 11.7. The van der Waals surface area contributed by atoms with E-state index in [2.05, 4.69) is 28.1 Å². The zero-order valence-corrected chi connectivity index (χ0v) is 17.7. The lowest BCUT2D eigenvalue weighted by molar-refractivity contribution is -0.384. The van der Waals surface area contributed by atoms with Gasteiger partial charge in [-0.15, -0.1) is 0 Å². The van der Waals surface area contributed by atoms with Crippen molar-refractivity contribution in [3.8, 4) is 0 Å². The Labute approximate surface area is 183 Å². The van der Waals surface area contributed by atoms with Gasteiger partial charge in [0, 0.05) is 24.5 Å². The van der Waals surface area contributed by atoms with Crippen molar-refractivity contribution in [2.24, 2.45) is 0 Å². The van der Waals surface area contributed by atoms with E-state index in [1.807, 2.05) is 41.3 Å². The third-order valence-corrected chi connectivity index (χ3v) is 5.79. The van der Waals surface area contributed by atoms with E-state index in [1.54, 1.807) is 12.3 Å². The smallest absolute Gasteiger partial charge is 0.311 e. The second-order valence-corrected chi connectivity index (χ2v) is 7.95. The molecular weight excluding hydrogens is 388 g/mol. The summed E-state index contributed by atoms with van der Waals surface area (Å²) < 4.78 is 0.